The summed E-state index contributed by atoms with van der Waals surface area (Å²) in [4.78, 5) is 14.8. The Kier molecular flexibility index (Phi) is 5.78. The number of likely N-dealkylation sites (tertiary alicyclic amines) is 1. The lowest BCUT2D eigenvalue weighted by molar-refractivity contribution is 0.0678. The number of amides is 1. The molecule has 5 heteroatoms. The number of carbonyl (C=O) groups is 1. The number of benzene rings is 2. The van der Waals surface area contributed by atoms with Crippen LogP contribution in [0.1, 0.15) is 23.2 Å². The molecule has 0 aromatic heterocycles. The van der Waals surface area contributed by atoms with E-state index in [0.717, 1.165) is 37.1 Å². The van der Waals surface area contributed by atoms with Crippen LogP contribution < -0.4 is 15.2 Å². The van der Waals surface area contributed by atoms with E-state index in [1.165, 1.54) is 0 Å². The SMILES string of the molecule is COc1ccc(-c2cccc(C(=O)N3CCC[C@H](CN)C3)c2)cc1OC. The Bertz CT molecular complexity index is 776. The van der Waals surface area contributed by atoms with Gasteiger partial charge < -0.3 is 20.1 Å². The van der Waals surface area contributed by atoms with E-state index in [0.29, 0.717) is 29.5 Å². The Balaban J connectivity index is 1.85. The van der Waals surface area contributed by atoms with Crippen molar-refractivity contribution in [2.24, 2.45) is 11.7 Å². The van der Waals surface area contributed by atoms with E-state index in [2.05, 4.69) is 0 Å². The molecule has 0 saturated carbocycles. The zero-order valence-corrected chi connectivity index (χ0v) is 15.4. The number of hydrogen-bond acceptors (Lipinski definition) is 4. The van der Waals surface area contributed by atoms with Gasteiger partial charge in [0.2, 0.25) is 0 Å². The molecule has 3 rings (SSSR count). The van der Waals surface area contributed by atoms with Crippen molar-refractivity contribution in [1.82, 2.24) is 4.90 Å². The molecule has 1 fully saturated rings. The van der Waals surface area contributed by atoms with Crippen LogP contribution in [0.25, 0.3) is 11.1 Å². The molecular formula is C21H26N2O3. The topological polar surface area (TPSA) is 64.8 Å². The van der Waals surface area contributed by atoms with Gasteiger partial charge in [-0.2, -0.15) is 0 Å². The third-order valence-corrected chi connectivity index (χ3v) is 4.97. The highest BCUT2D eigenvalue weighted by Gasteiger charge is 2.23. The lowest BCUT2D eigenvalue weighted by Crippen LogP contribution is -2.42. The fourth-order valence-corrected chi connectivity index (χ4v) is 3.47. The first-order valence-electron chi connectivity index (χ1n) is 8.98. The Hall–Kier alpha value is -2.53. The minimum atomic E-state index is 0.0745. The molecule has 138 valence electrons. The van der Waals surface area contributed by atoms with E-state index in [9.17, 15) is 4.79 Å². The number of nitrogens with zero attached hydrogens (tertiary/aromatic N) is 1. The predicted molar refractivity (Wildman–Crippen MR) is 103 cm³/mol. The summed E-state index contributed by atoms with van der Waals surface area (Å²) in [5.41, 5.74) is 8.46. The van der Waals surface area contributed by atoms with Crippen LogP contribution in [-0.4, -0.2) is 44.7 Å². The molecule has 2 aromatic rings. The van der Waals surface area contributed by atoms with Crippen LogP contribution in [0.15, 0.2) is 42.5 Å². The van der Waals surface area contributed by atoms with Crippen LogP contribution in [-0.2, 0) is 0 Å². The lowest BCUT2D eigenvalue weighted by atomic mass is 9.97. The van der Waals surface area contributed by atoms with E-state index in [1.54, 1.807) is 14.2 Å². The third-order valence-electron chi connectivity index (χ3n) is 4.97. The van der Waals surface area contributed by atoms with E-state index in [4.69, 9.17) is 15.2 Å². The van der Waals surface area contributed by atoms with Crippen LogP contribution in [0.5, 0.6) is 11.5 Å². The van der Waals surface area contributed by atoms with Crippen molar-refractivity contribution in [2.45, 2.75) is 12.8 Å². The first kappa shape index (κ1) is 18.3. The largest absolute Gasteiger partial charge is 0.493 e. The van der Waals surface area contributed by atoms with Gasteiger partial charge in [-0.25, -0.2) is 0 Å². The second kappa shape index (κ2) is 8.23. The van der Waals surface area contributed by atoms with Gasteiger partial charge in [0.05, 0.1) is 14.2 Å². The van der Waals surface area contributed by atoms with Crippen LogP contribution in [0.3, 0.4) is 0 Å². The third kappa shape index (κ3) is 3.83. The minimum Gasteiger partial charge on any atom is -0.493 e. The summed E-state index contributed by atoms with van der Waals surface area (Å²) in [6.45, 7) is 2.18. The number of piperidine rings is 1. The van der Waals surface area contributed by atoms with Gasteiger partial charge in [-0.15, -0.1) is 0 Å². The van der Waals surface area contributed by atoms with Crippen molar-refractivity contribution in [3.05, 3.63) is 48.0 Å². The summed E-state index contributed by atoms with van der Waals surface area (Å²) < 4.78 is 10.7. The summed E-state index contributed by atoms with van der Waals surface area (Å²) in [6.07, 6.45) is 2.12. The molecule has 2 aromatic carbocycles. The van der Waals surface area contributed by atoms with E-state index < -0.39 is 0 Å². The van der Waals surface area contributed by atoms with E-state index in [1.807, 2.05) is 47.4 Å². The van der Waals surface area contributed by atoms with Crippen LogP contribution in [0, 0.1) is 5.92 Å². The quantitative estimate of drug-likeness (QED) is 0.896. The summed E-state index contributed by atoms with van der Waals surface area (Å²) in [6, 6.07) is 13.5. The molecular weight excluding hydrogens is 328 g/mol. The molecule has 0 bridgehead atoms. The van der Waals surface area contributed by atoms with Gasteiger partial charge in [0.15, 0.2) is 11.5 Å². The second-order valence-corrected chi connectivity index (χ2v) is 6.65. The Morgan fingerprint density at radius 2 is 1.88 bits per heavy atom. The zero-order chi connectivity index (χ0) is 18.5. The first-order chi connectivity index (χ1) is 12.7. The molecule has 1 aliphatic rings. The highest BCUT2D eigenvalue weighted by atomic mass is 16.5. The molecule has 0 unspecified atom stereocenters. The molecule has 1 heterocycles. The number of methoxy groups -OCH3 is 2. The van der Waals surface area contributed by atoms with Gasteiger partial charge >= 0.3 is 0 Å². The van der Waals surface area contributed by atoms with Crippen molar-refractivity contribution >= 4 is 5.91 Å². The fourth-order valence-electron chi connectivity index (χ4n) is 3.47. The molecule has 1 amide bonds. The zero-order valence-electron chi connectivity index (χ0n) is 15.4. The molecule has 1 saturated heterocycles. The van der Waals surface area contributed by atoms with E-state index in [-0.39, 0.29) is 5.91 Å². The standard InChI is InChI=1S/C21H26N2O3/c1-25-19-9-8-17(12-20(19)26-2)16-6-3-7-18(11-16)21(24)23-10-4-5-15(13-22)14-23/h3,6-9,11-12,15H,4-5,10,13-14,22H2,1-2H3/t15-/m1/s1. The van der Waals surface area contributed by atoms with Gasteiger partial charge in [0.1, 0.15) is 0 Å². The molecule has 2 N–H and O–H groups in total. The maximum absolute atomic E-state index is 12.9. The summed E-state index contributed by atoms with van der Waals surface area (Å²) in [5.74, 6) is 1.83. The molecule has 26 heavy (non-hydrogen) atoms. The van der Waals surface area contributed by atoms with Crippen molar-refractivity contribution in [2.75, 3.05) is 33.9 Å². The lowest BCUT2D eigenvalue weighted by Gasteiger charge is -2.32. The molecule has 5 nitrogen and oxygen atoms in total. The van der Waals surface area contributed by atoms with Crippen LogP contribution in [0.2, 0.25) is 0 Å². The highest BCUT2D eigenvalue weighted by Crippen LogP contribution is 2.32. The minimum absolute atomic E-state index is 0.0745. The van der Waals surface area contributed by atoms with Crippen molar-refractivity contribution < 1.29 is 14.3 Å². The van der Waals surface area contributed by atoms with Gasteiger partial charge in [0.25, 0.3) is 5.91 Å². The smallest absolute Gasteiger partial charge is 0.253 e. The molecule has 0 spiro atoms. The first-order valence-corrected chi connectivity index (χ1v) is 8.98. The van der Waals surface area contributed by atoms with Crippen molar-refractivity contribution in [1.29, 1.82) is 0 Å². The summed E-state index contributed by atoms with van der Waals surface area (Å²) in [7, 11) is 3.23. The monoisotopic (exact) mass is 354 g/mol. The van der Waals surface area contributed by atoms with Crippen molar-refractivity contribution in [3.8, 4) is 22.6 Å². The normalized spacial score (nSPS) is 17.0. The van der Waals surface area contributed by atoms with Gasteiger partial charge in [-0.1, -0.05) is 18.2 Å². The predicted octanol–water partition coefficient (Wildman–Crippen LogP) is 3.18. The second-order valence-electron chi connectivity index (χ2n) is 6.65. The average molecular weight is 354 g/mol. The molecule has 1 atom stereocenters. The van der Waals surface area contributed by atoms with Gasteiger partial charge in [0, 0.05) is 18.7 Å². The number of hydrogen-bond donors (Lipinski definition) is 1. The maximum Gasteiger partial charge on any atom is 0.253 e. The number of ether oxygens (including phenoxy) is 2. The molecule has 0 radical (unpaired) electrons. The van der Waals surface area contributed by atoms with Gasteiger partial charge in [-0.3, -0.25) is 4.79 Å². The number of nitrogens with two attached hydrogens (primary N) is 1. The van der Waals surface area contributed by atoms with E-state index >= 15 is 0 Å². The molecule has 1 aliphatic heterocycles. The van der Waals surface area contributed by atoms with Crippen LogP contribution >= 0.6 is 0 Å². The highest BCUT2D eigenvalue weighted by molar-refractivity contribution is 5.95. The van der Waals surface area contributed by atoms with Crippen molar-refractivity contribution in [3.63, 3.8) is 0 Å². The Morgan fingerprint density at radius 1 is 1.12 bits per heavy atom. The van der Waals surface area contributed by atoms with Gasteiger partial charge in [-0.05, 0) is 60.7 Å². The summed E-state index contributed by atoms with van der Waals surface area (Å²) in [5, 5.41) is 0. The summed E-state index contributed by atoms with van der Waals surface area (Å²) >= 11 is 0. The number of rotatable bonds is 5. The van der Waals surface area contributed by atoms with Crippen LogP contribution in [0.4, 0.5) is 0 Å². The average Bonchev–Trinajstić information content (AvgIpc) is 2.72. The Morgan fingerprint density at radius 3 is 2.62 bits per heavy atom. The maximum atomic E-state index is 12.9. The fraction of sp³-hybridized carbons (Fsp3) is 0.381. The number of carbonyl (C=O) groups excluding carboxylic acids is 1. The Labute approximate surface area is 154 Å². The molecule has 0 aliphatic carbocycles.